The SMILES string of the molecule is Cc1ccc(OCc2ncccc2F)cc1N1Cc2c(Cl)cccc2N(C)C1=O. The van der Waals surface area contributed by atoms with Crippen LogP contribution in [-0.4, -0.2) is 18.1 Å². The van der Waals surface area contributed by atoms with E-state index in [1.54, 1.807) is 29.0 Å². The average Bonchev–Trinajstić information content (AvgIpc) is 2.72. The van der Waals surface area contributed by atoms with Gasteiger partial charge in [0, 0.05) is 29.9 Å². The Labute approximate surface area is 173 Å². The second-order valence-corrected chi connectivity index (χ2v) is 7.24. The Bertz CT molecular complexity index is 1090. The molecular formula is C22H19ClFN3O2. The van der Waals surface area contributed by atoms with Crippen molar-refractivity contribution in [2.75, 3.05) is 16.8 Å². The highest BCUT2D eigenvalue weighted by Crippen LogP contribution is 2.37. The second-order valence-electron chi connectivity index (χ2n) is 6.83. The molecule has 29 heavy (non-hydrogen) atoms. The van der Waals surface area contributed by atoms with Gasteiger partial charge in [0.25, 0.3) is 0 Å². The fourth-order valence-electron chi connectivity index (χ4n) is 3.36. The smallest absolute Gasteiger partial charge is 0.329 e. The number of anilines is 2. The standard InChI is InChI=1S/C22H19ClFN3O2/c1-14-8-9-15(29-13-19-18(24)6-4-10-25-19)11-21(14)27-12-16-17(23)5-3-7-20(16)26(2)22(27)28/h3-11H,12-13H2,1-2H3. The first kappa shape index (κ1) is 19.2. The van der Waals surface area contributed by atoms with Crippen LogP contribution >= 0.6 is 11.6 Å². The summed E-state index contributed by atoms with van der Waals surface area (Å²) in [5, 5.41) is 0.613. The predicted molar refractivity (Wildman–Crippen MR) is 111 cm³/mol. The van der Waals surface area contributed by atoms with Crippen LogP contribution in [0.5, 0.6) is 5.75 Å². The number of hydrogen-bond donors (Lipinski definition) is 0. The molecule has 0 N–H and O–H groups in total. The Balaban J connectivity index is 1.63. The highest BCUT2D eigenvalue weighted by molar-refractivity contribution is 6.32. The normalized spacial score (nSPS) is 13.4. The molecule has 148 valence electrons. The van der Waals surface area contributed by atoms with E-state index in [1.165, 1.54) is 18.3 Å². The maximum atomic E-state index is 13.8. The molecule has 7 heteroatoms. The maximum absolute atomic E-state index is 13.8. The summed E-state index contributed by atoms with van der Waals surface area (Å²) in [5.41, 5.74) is 3.54. The lowest BCUT2D eigenvalue weighted by molar-refractivity contribution is 0.251. The minimum atomic E-state index is -0.418. The van der Waals surface area contributed by atoms with Gasteiger partial charge in [0.15, 0.2) is 0 Å². The number of rotatable bonds is 4. The first-order valence-corrected chi connectivity index (χ1v) is 9.49. The van der Waals surface area contributed by atoms with Gasteiger partial charge in [-0.05, 0) is 42.8 Å². The quantitative estimate of drug-likeness (QED) is 0.582. The molecule has 1 aliphatic rings. The van der Waals surface area contributed by atoms with Gasteiger partial charge in [-0.1, -0.05) is 23.7 Å². The van der Waals surface area contributed by atoms with Crippen LogP contribution in [0, 0.1) is 12.7 Å². The number of amides is 2. The van der Waals surface area contributed by atoms with Crippen LogP contribution in [0.4, 0.5) is 20.6 Å². The molecule has 2 amide bonds. The molecule has 1 aliphatic heterocycles. The molecule has 0 saturated carbocycles. The van der Waals surface area contributed by atoms with Crippen molar-refractivity contribution >= 4 is 29.0 Å². The van der Waals surface area contributed by atoms with Gasteiger partial charge < -0.3 is 4.74 Å². The molecule has 0 unspecified atom stereocenters. The number of hydrogen-bond acceptors (Lipinski definition) is 3. The van der Waals surface area contributed by atoms with Crippen LogP contribution in [0.25, 0.3) is 0 Å². The lowest BCUT2D eigenvalue weighted by atomic mass is 10.1. The largest absolute Gasteiger partial charge is 0.487 e. The number of pyridine rings is 1. The Morgan fingerprint density at radius 2 is 2.00 bits per heavy atom. The van der Waals surface area contributed by atoms with Gasteiger partial charge in [-0.2, -0.15) is 0 Å². The topological polar surface area (TPSA) is 45.7 Å². The van der Waals surface area contributed by atoms with E-state index in [0.717, 1.165) is 16.8 Å². The number of carbonyl (C=O) groups is 1. The summed E-state index contributed by atoms with van der Waals surface area (Å²) in [5.74, 6) is 0.106. The summed E-state index contributed by atoms with van der Waals surface area (Å²) in [4.78, 5) is 20.2. The van der Waals surface area contributed by atoms with E-state index in [2.05, 4.69) is 4.98 Å². The number of aromatic nitrogens is 1. The third-order valence-corrected chi connectivity index (χ3v) is 5.33. The number of urea groups is 1. The minimum Gasteiger partial charge on any atom is -0.487 e. The first-order chi connectivity index (χ1) is 14.0. The van der Waals surface area contributed by atoms with Crippen molar-refractivity contribution in [1.82, 2.24) is 4.98 Å². The third kappa shape index (κ3) is 3.63. The molecule has 0 fully saturated rings. The van der Waals surface area contributed by atoms with Gasteiger partial charge in [-0.3, -0.25) is 14.8 Å². The van der Waals surface area contributed by atoms with Crippen LogP contribution in [0.1, 0.15) is 16.8 Å². The molecule has 0 saturated heterocycles. The summed E-state index contributed by atoms with van der Waals surface area (Å²) < 4.78 is 19.5. The van der Waals surface area contributed by atoms with Gasteiger partial charge >= 0.3 is 6.03 Å². The van der Waals surface area contributed by atoms with Crippen molar-refractivity contribution in [3.8, 4) is 5.75 Å². The number of fused-ring (bicyclic) bond motifs is 1. The number of carbonyl (C=O) groups excluding carboxylic acids is 1. The van der Waals surface area contributed by atoms with Crippen molar-refractivity contribution in [2.45, 2.75) is 20.1 Å². The van der Waals surface area contributed by atoms with E-state index < -0.39 is 5.82 Å². The Kier molecular flexibility index (Phi) is 5.11. The third-order valence-electron chi connectivity index (χ3n) is 4.97. The number of halogens is 2. The van der Waals surface area contributed by atoms with Gasteiger partial charge in [0.1, 0.15) is 23.9 Å². The molecule has 3 aromatic rings. The minimum absolute atomic E-state index is 0.00230. The summed E-state index contributed by atoms with van der Waals surface area (Å²) >= 11 is 6.38. The number of benzene rings is 2. The van der Waals surface area contributed by atoms with Crippen LogP contribution in [-0.2, 0) is 13.2 Å². The van der Waals surface area contributed by atoms with E-state index in [-0.39, 0.29) is 18.3 Å². The molecule has 2 heterocycles. The lowest BCUT2D eigenvalue weighted by Gasteiger charge is -2.36. The van der Waals surface area contributed by atoms with Crippen molar-refractivity contribution in [1.29, 1.82) is 0 Å². The first-order valence-electron chi connectivity index (χ1n) is 9.11. The van der Waals surface area contributed by atoms with Gasteiger partial charge in [-0.15, -0.1) is 0 Å². The molecular weight excluding hydrogens is 393 g/mol. The lowest BCUT2D eigenvalue weighted by Crippen LogP contribution is -2.45. The molecule has 0 atom stereocenters. The van der Waals surface area contributed by atoms with Crippen LogP contribution in [0.15, 0.2) is 54.7 Å². The zero-order valence-electron chi connectivity index (χ0n) is 16.0. The molecule has 0 spiro atoms. The van der Waals surface area contributed by atoms with Gasteiger partial charge in [0.2, 0.25) is 0 Å². The summed E-state index contributed by atoms with van der Waals surface area (Å²) in [6.07, 6.45) is 1.52. The number of nitrogens with zero attached hydrogens (tertiary/aromatic N) is 3. The zero-order chi connectivity index (χ0) is 20.5. The van der Waals surface area contributed by atoms with E-state index in [4.69, 9.17) is 16.3 Å². The second kappa shape index (κ2) is 7.72. The molecule has 0 radical (unpaired) electrons. The zero-order valence-corrected chi connectivity index (χ0v) is 16.8. The van der Waals surface area contributed by atoms with Crippen LogP contribution in [0.2, 0.25) is 5.02 Å². The highest BCUT2D eigenvalue weighted by Gasteiger charge is 2.31. The summed E-state index contributed by atoms with van der Waals surface area (Å²) in [7, 11) is 1.73. The monoisotopic (exact) mass is 411 g/mol. The Morgan fingerprint density at radius 3 is 2.79 bits per heavy atom. The van der Waals surface area contributed by atoms with Crippen molar-refractivity contribution in [3.63, 3.8) is 0 Å². The van der Waals surface area contributed by atoms with E-state index >= 15 is 0 Å². The average molecular weight is 412 g/mol. The van der Waals surface area contributed by atoms with E-state index in [1.807, 2.05) is 31.2 Å². The fraction of sp³-hybridized carbons (Fsp3) is 0.182. The van der Waals surface area contributed by atoms with Gasteiger partial charge in [-0.25, -0.2) is 9.18 Å². The van der Waals surface area contributed by atoms with Crippen molar-refractivity contribution in [2.24, 2.45) is 0 Å². The molecule has 0 bridgehead atoms. The molecule has 2 aromatic carbocycles. The van der Waals surface area contributed by atoms with Crippen LogP contribution in [0.3, 0.4) is 0 Å². The Morgan fingerprint density at radius 1 is 1.17 bits per heavy atom. The van der Waals surface area contributed by atoms with E-state index in [9.17, 15) is 9.18 Å². The Hall–Kier alpha value is -3.12. The molecule has 1 aromatic heterocycles. The predicted octanol–water partition coefficient (Wildman–Crippen LogP) is 5.34. The fourth-order valence-corrected chi connectivity index (χ4v) is 3.59. The molecule has 5 nitrogen and oxygen atoms in total. The molecule has 4 rings (SSSR count). The van der Waals surface area contributed by atoms with Gasteiger partial charge in [0.05, 0.1) is 17.9 Å². The summed E-state index contributed by atoms with van der Waals surface area (Å²) in [6.45, 7) is 2.28. The highest BCUT2D eigenvalue weighted by atomic mass is 35.5. The van der Waals surface area contributed by atoms with Crippen molar-refractivity contribution in [3.05, 3.63) is 82.4 Å². The number of aryl methyl sites for hydroxylation is 1. The number of ether oxygens (including phenoxy) is 1. The summed E-state index contributed by atoms with van der Waals surface area (Å²) in [6, 6.07) is 13.7. The maximum Gasteiger partial charge on any atom is 0.329 e. The van der Waals surface area contributed by atoms with Crippen LogP contribution < -0.4 is 14.5 Å². The molecule has 0 aliphatic carbocycles. The van der Waals surface area contributed by atoms with E-state index in [0.29, 0.717) is 23.0 Å². The van der Waals surface area contributed by atoms with Crippen molar-refractivity contribution < 1.29 is 13.9 Å².